The Morgan fingerprint density at radius 1 is 1.44 bits per heavy atom. The molecule has 5 heteroatoms. The van der Waals surface area contributed by atoms with E-state index in [0.717, 1.165) is 32.7 Å². The summed E-state index contributed by atoms with van der Waals surface area (Å²) in [6.07, 6.45) is 0. The molecule has 0 aromatic carbocycles. The molecule has 4 nitrogen and oxygen atoms in total. The third kappa shape index (κ3) is 3.31. The molecule has 100 valence electrons. The molecule has 0 radical (unpaired) electrons. The van der Waals surface area contributed by atoms with Gasteiger partial charge in [-0.1, -0.05) is 6.07 Å². The molecule has 1 amide bonds. The van der Waals surface area contributed by atoms with Gasteiger partial charge in [0.2, 0.25) is 0 Å². The zero-order chi connectivity index (χ0) is 13.0. The Balaban J connectivity index is 1.79. The fourth-order valence-corrected chi connectivity index (χ4v) is 3.37. The number of carbonyl (C=O) groups is 1. The van der Waals surface area contributed by atoms with E-state index in [0.29, 0.717) is 0 Å². The number of amides is 1. The molecule has 0 saturated carbocycles. The number of piperazine rings is 1. The maximum absolute atomic E-state index is 11.6. The highest BCUT2D eigenvalue weighted by Gasteiger charge is 2.30. The molecule has 18 heavy (non-hydrogen) atoms. The first-order valence-corrected chi connectivity index (χ1v) is 7.50. The van der Waals surface area contributed by atoms with Gasteiger partial charge in [0.25, 0.3) is 5.91 Å². The van der Waals surface area contributed by atoms with Crippen LogP contribution in [0.1, 0.15) is 11.8 Å². The maximum atomic E-state index is 11.6. The van der Waals surface area contributed by atoms with Crippen molar-refractivity contribution in [3.05, 3.63) is 22.4 Å². The highest BCUT2D eigenvalue weighted by Crippen LogP contribution is 2.05. The smallest absolute Gasteiger partial charge is 0.277 e. The van der Waals surface area contributed by atoms with E-state index >= 15 is 0 Å². The van der Waals surface area contributed by atoms with Gasteiger partial charge in [-0.25, -0.2) is 0 Å². The Hall–Kier alpha value is -0.910. The molecule has 1 saturated heterocycles. The summed E-state index contributed by atoms with van der Waals surface area (Å²) in [6.45, 7) is 7.67. The second-order valence-corrected chi connectivity index (χ2v) is 6.03. The average Bonchev–Trinajstić information content (AvgIpc) is 2.91. The van der Waals surface area contributed by atoms with Gasteiger partial charge >= 0.3 is 0 Å². The molecule has 1 aliphatic heterocycles. The lowest BCUT2D eigenvalue weighted by Crippen LogP contribution is -3.29. The SMILES string of the molecule is CNC(=O)[C@H](C)[NH+]1CC[NH+](Cc2cccs2)CC1. The third-order valence-corrected chi connectivity index (χ3v) is 4.73. The highest BCUT2D eigenvalue weighted by molar-refractivity contribution is 7.09. The van der Waals surface area contributed by atoms with Gasteiger partial charge in [0.05, 0.1) is 4.88 Å². The normalized spacial score (nSPS) is 25.7. The lowest BCUT2D eigenvalue weighted by Gasteiger charge is -2.32. The molecule has 1 aromatic heterocycles. The minimum Gasteiger partial charge on any atom is -0.354 e. The van der Waals surface area contributed by atoms with Gasteiger partial charge in [0.15, 0.2) is 6.04 Å². The first-order chi connectivity index (χ1) is 8.70. The average molecular weight is 269 g/mol. The van der Waals surface area contributed by atoms with Crippen molar-refractivity contribution < 1.29 is 14.6 Å². The van der Waals surface area contributed by atoms with Crippen LogP contribution < -0.4 is 15.1 Å². The monoisotopic (exact) mass is 269 g/mol. The van der Waals surface area contributed by atoms with Crippen LogP contribution in [0.25, 0.3) is 0 Å². The molecule has 1 aromatic rings. The van der Waals surface area contributed by atoms with Gasteiger partial charge in [-0.05, 0) is 18.4 Å². The van der Waals surface area contributed by atoms with Gasteiger partial charge in [0, 0.05) is 7.05 Å². The minimum atomic E-state index is 0.0817. The van der Waals surface area contributed by atoms with E-state index in [1.165, 1.54) is 9.78 Å². The Bertz CT molecular complexity index is 372. The number of quaternary nitrogens is 2. The van der Waals surface area contributed by atoms with Crippen molar-refractivity contribution in [2.75, 3.05) is 33.2 Å². The summed E-state index contributed by atoms with van der Waals surface area (Å²) in [7, 11) is 1.72. The second kappa shape index (κ2) is 6.31. The number of rotatable bonds is 4. The topological polar surface area (TPSA) is 38.0 Å². The third-order valence-electron chi connectivity index (χ3n) is 3.86. The molecule has 1 aliphatic rings. The van der Waals surface area contributed by atoms with Gasteiger partial charge in [0.1, 0.15) is 32.7 Å². The number of hydrogen-bond donors (Lipinski definition) is 3. The van der Waals surface area contributed by atoms with E-state index in [2.05, 4.69) is 22.8 Å². The van der Waals surface area contributed by atoms with Crippen molar-refractivity contribution in [3.63, 3.8) is 0 Å². The summed E-state index contributed by atoms with van der Waals surface area (Å²) in [5, 5.41) is 4.89. The maximum Gasteiger partial charge on any atom is 0.277 e. The molecule has 1 atom stereocenters. The molecule has 0 spiro atoms. The molecule has 3 N–H and O–H groups in total. The van der Waals surface area contributed by atoms with Crippen molar-refractivity contribution in [2.24, 2.45) is 0 Å². The predicted molar refractivity (Wildman–Crippen MR) is 72.9 cm³/mol. The van der Waals surface area contributed by atoms with Crippen LogP contribution in [0.4, 0.5) is 0 Å². The van der Waals surface area contributed by atoms with Crippen LogP contribution >= 0.6 is 11.3 Å². The fourth-order valence-electron chi connectivity index (χ4n) is 2.60. The molecule has 1 fully saturated rings. The summed E-state index contributed by atoms with van der Waals surface area (Å²) in [5.74, 6) is 0.159. The van der Waals surface area contributed by atoms with Crippen molar-refractivity contribution in [2.45, 2.75) is 19.5 Å². The number of nitrogens with one attached hydrogen (secondary N) is 3. The largest absolute Gasteiger partial charge is 0.354 e. The molecular formula is C13H23N3OS+2. The van der Waals surface area contributed by atoms with Gasteiger partial charge in [-0.2, -0.15) is 0 Å². The summed E-state index contributed by atoms with van der Waals surface area (Å²) < 4.78 is 0. The van der Waals surface area contributed by atoms with Crippen molar-refractivity contribution in [1.29, 1.82) is 0 Å². The van der Waals surface area contributed by atoms with E-state index in [-0.39, 0.29) is 11.9 Å². The summed E-state index contributed by atoms with van der Waals surface area (Å²) in [6, 6.07) is 4.41. The van der Waals surface area contributed by atoms with E-state index < -0.39 is 0 Å². The number of hydrogen-bond acceptors (Lipinski definition) is 2. The van der Waals surface area contributed by atoms with Crippen molar-refractivity contribution in [3.8, 4) is 0 Å². The minimum absolute atomic E-state index is 0.0817. The fraction of sp³-hybridized carbons (Fsp3) is 0.615. The van der Waals surface area contributed by atoms with Crippen LogP contribution in [0, 0.1) is 0 Å². The number of thiophene rings is 1. The first kappa shape index (κ1) is 13.5. The molecule has 2 heterocycles. The van der Waals surface area contributed by atoms with E-state index in [1.807, 2.05) is 18.3 Å². The van der Waals surface area contributed by atoms with Crippen LogP contribution in [-0.4, -0.2) is 45.2 Å². The van der Waals surface area contributed by atoms with Crippen molar-refractivity contribution >= 4 is 17.2 Å². The quantitative estimate of drug-likeness (QED) is 0.591. The van der Waals surface area contributed by atoms with Gasteiger partial charge in [-0.3, -0.25) is 4.79 Å². The van der Waals surface area contributed by atoms with Gasteiger partial charge < -0.3 is 15.1 Å². The Labute approximate surface area is 113 Å². The summed E-state index contributed by atoms with van der Waals surface area (Å²) in [5.41, 5.74) is 0. The van der Waals surface area contributed by atoms with Crippen LogP contribution in [-0.2, 0) is 11.3 Å². The lowest BCUT2D eigenvalue weighted by molar-refractivity contribution is -1.02. The Morgan fingerprint density at radius 3 is 2.72 bits per heavy atom. The summed E-state index contributed by atoms with van der Waals surface area (Å²) >= 11 is 1.84. The van der Waals surface area contributed by atoms with Crippen molar-refractivity contribution in [1.82, 2.24) is 5.32 Å². The zero-order valence-electron chi connectivity index (χ0n) is 11.2. The Morgan fingerprint density at radius 2 is 2.17 bits per heavy atom. The standard InChI is InChI=1S/C13H21N3OS/c1-11(13(17)14-2)16-7-5-15(6-8-16)10-12-4-3-9-18-12/h3-4,9,11H,5-8,10H2,1-2H3,(H,14,17)/p+2/t11-/m0/s1. The van der Waals surface area contributed by atoms with E-state index in [9.17, 15) is 4.79 Å². The van der Waals surface area contributed by atoms with Crippen LogP contribution in [0.15, 0.2) is 17.5 Å². The van der Waals surface area contributed by atoms with E-state index in [4.69, 9.17) is 0 Å². The summed E-state index contributed by atoms with van der Waals surface area (Å²) in [4.78, 5) is 16.1. The molecule has 0 bridgehead atoms. The van der Waals surface area contributed by atoms with Crippen LogP contribution in [0.2, 0.25) is 0 Å². The number of likely N-dealkylation sites (N-methyl/N-ethyl adjacent to an activating group) is 1. The van der Waals surface area contributed by atoms with E-state index in [1.54, 1.807) is 11.9 Å². The molecule has 0 unspecified atom stereocenters. The molecule has 0 aliphatic carbocycles. The number of carbonyl (C=O) groups excluding carboxylic acids is 1. The van der Waals surface area contributed by atoms with Crippen LogP contribution in [0.3, 0.4) is 0 Å². The zero-order valence-corrected chi connectivity index (χ0v) is 12.0. The molecular weight excluding hydrogens is 246 g/mol. The van der Waals surface area contributed by atoms with Crippen LogP contribution in [0.5, 0.6) is 0 Å². The lowest BCUT2D eigenvalue weighted by atomic mass is 10.2. The first-order valence-electron chi connectivity index (χ1n) is 6.63. The Kier molecular flexibility index (Phi) is 4.74. The van der Waals surface area contributed by atoms with Gasteiger partial charge in [-0.15, -0.1) is 11.3 Å². The molecule has 2 rings (SSSR count). The second-order valence-electron chi connectivity index (χ2n) is 5.00. The highest BCUT2D eigenvalue weighted by atomic mass is 32.1. The predicted octanol–water partition coefficient (Wildman–Crippen LogP) is -1.83.